The molecule has 1 aromatic rings. The van der Waals surface area contributed by atoms with Crippen molar-refractivity contribution in [3.63, 3.8) is 0 Å². The summed E-state index contributed by atoms with van der Waals surface area (Å²) in [5.74, 6) is 1.17. The van der Waals surface area contributed by atoms with Crippen LogP contribution in [0.25, 0.3) is 0 Å². The van der Waals surface area contributed by atoms with Crippen LogP contribution in [0.2, 0.25) is 5.02 Å². The van der Waals surface area contributed by atoms with Crippen molar-refractivity contribution < 1.29 is 9.84 Å². The summed E-state index contributed by atoms with van der Waals surface area (Å²) in [6, 6.07) is 3.84. The Morgan fingerprint density at radius 2 is 2.21 bits per heavy atom. The summed E-state index contributed by atoms with van der Waals surface area (Å²) < 4.78 is 5.71. The molecule has 1 aliphatic carbocycles. The number of halogens is 1. The van der Waals surface area contributed by atoms with Gasteiger partial charge < -0.3 is 9.84 Å². The number of aliphatic hydroxyl groups is 1. The van der Waals surface area contributed by atoms with Gasteiger partial charge in [0.1, 0.15) is 5.75 Å². The molecule has 1 N–H and O–H groups in total. The smallest absolute Gasteiger partial charge is 0.128 e. The zero-order valence-corrected chi connectivity index (χ0v) is 12.3. The summed E-state index contributed by atoms with van der Waals surface area (Å²) in [6.45, 7) is 5.20. The van der Waals surface area contributed by atoms with Crippen LogP contribution >= 0.6 is 11.6 Å². The Labute approximate surface area is 119 Å². The van der Waals surface area contributed by atoms with Crippen LogP contribution < -0.4 is 4.74 Å². The highest BCUT2D eigenvalue weighted by molar-refractivity contribution is 6.30. The Bertz CT molecular complexity index is 496. The van der Waals surface area contributed by atoms with Crippen LogP contribution in [0, 0.1) is 11.3 Å². The number of benzene rings is 1. The number of aliphatic hydroxyl groups excluding tert-OH is 1. The highest BCUT2D eigenvalue weighted by Crippen LogP contribution is 2.51. The fourth-order valence-corrected chi connectivity index (χ4v) is 3.92. The van der Waals surface area contributed by atoms with Gasteiger partial charge in [0, 0.05) is 17.0 Å². The van der Waals surface area contributed by atoms with Gasteiger partial charge in [-0.25, -0.2) is 0 Å². The molecule has 0 saturated heterocycles. The lowest BCUT2D eigenvalue weighted by molar-refractivity contribution is 0.0513. The molecule has 0 radical (unpaired) electrons. The number of hydrogen-bond donors (Lipinski definition) is 1. The average molecular weight is 281 g/mol. The first-order valence-electron chi connectivity index (χ1n) is 7.12. The Morgan fingerprint density at radius 1 is 1.42 bits per heavy atom. The molecular weight excluding hydrogens is 260 g/mol. The predicted molar refractivity (Wildman–Crippen MR) is 76.7 cm³/mol. The van der Waals surface area contributed by atoms with Gasteiger partial charge in [-0.1, -0.05) is 31.9 Å². The molecule has 0 aromatic heterocycles. The minimum atomic E-state index is -0.469. The summed E-state index contributed by atoms with van der Waals surface area (Å²) in [7, 11) is 0. The van der Waals surface area contributed by atoms with Gasteiger partial charge in [-0.2, -0.15) is 0 Å². The Hall–Kier alpha value is -0.730. The molecule has 1 saturated carbocycles. The average Bonchev–Trinajstić information content (AvgIpc) is 2.92. The van der Waals surface area contributed by atoms with E-state index in [1.165, 1.54) is 12.8 Å². The van der Waals surface area contributed by atoms with E-state index in [0.29, 0.717) is 17.5 Å². The first-order valence-corrected chi connectivity index (χ1v) is 7.50. The number of fused-ring (bicyclic) bond motifs is 1. The fraction of sp³-hybridized carbons (Fsp3) is 0.625. The SMILES string of the molecule is CC1(C)CCCC1C(O)c1cc(Cl)cc2c1OCC2. The highest BCUT2D eigenvalue weighted by atomic mass is 35.5. The van der Waals surface area contributed by atoms with Crippen LogP contribution in [0.1, 0.15) is 50.3 Å². The summed E-state index contributed by atoms with van der Waals surface area (Å²) in [5.41, 5.74) is 2.21. The maximum Gasteiger partial charge on any atom is 0.128 e. The van der Waals surface area contributed by atoms with Crippen LogP contribution in [0.3, 0.4) is 0 Å². The largest absolute Gasteiger partial charge is 0.493 e. The van der Waals surface area contributed by atoms with Crippen LogP contribution in [-0.2, 0) is 6.42 Å². The van der Waals surface area contributed by atoms with Crippen molar-refractivity contribution in [1.29, 1.82) is 0 Å². The van der Waals surface area contributed by atoms with Gasteiger partial charge >= 0.3 is 0 Å². The van der Waals surface area contributed by atoms with Gasteiger partial charge in [0.25, 0.3) is 0 Å². The molecule has 19 heavy (non-hydrogen) atoms. The molecule has 2 unspecified atom stereocenters. The topological polar surface area (TPSA) is 29.5 Å². The second-order valence-electron chi connectivity index (χ2n) is 6.51. The zero-order valence-electron chi connectivity index (χ0n) is 11.6. The lowest BCUT2D eigenvalue weighted by atomic mass is 9.76. The zero-order chi connectivity index (χ0) is 13.6. The van der Waals surface area contributed by atoms with Crippen LogP contribution in [0.15, 0.2) is 12.1 Å². The van der Waals surface area contributed by atoms with Gasteiger partial charge in [-0.05, 0) is 41.9 Å². The first-order chi connectivity index (χ1) is 8.99. The molecule has 0 bridgehead atoms. The van der Waals surface area contributed by atoms with E-state index in [9.17, 15) is 5.11 Å². The summed E-state index contributed by atoms with van der Waals surface area (Å²) in [5, 5.41) is 11.5. The van der Waals surface area contributed by atoms with Crippen molar-refractivity contribution in [3.8, 4) is 5.75 Å². The maximum atomic E-state index is 10.8. The first kappa shape index (κ1) is 13.3. The van der Waals surface area contributed by atoms with Crippen LogP contribution in [-0.4, -0.2) is 11.7 Å². The van der Waals surface area contributed by atoms with Crippen molar-refractivity contribution in [2.45, 2.75) is 45.6 Å². The molecule has 1 heterocycles. The van der Waals surface area contributed by atoms with Gasteiger partial charge in [0.2, 0.25) is 0 Å². The number of ether oxygens (including phenoxy) is 1. The van der Waals surface area contributed by atoms with E-state index < -0.39 is 6.10 Å². The van der Waals surface area contributed by atoms with Crippen LogP contribution in [0.5, 0.6) is 5.75 Å². The summed E-state index contributed by atoms with van der Waals surface area (Å²) in [6.07, 6.45) is 3.87. The third-order valence-corrected chi connectivity index (χ3v) is 5.04. The van der Waals surface area contributed by atoms with E-state index in [1.54, 1.807) is 0 Å². The molecular formula is C16H21ClO2. The van der Waals surface area contributed by atoms with Gasteiger partial charge in [-0.3, -0.25) is 0 Å². The van der Waals surface area contributed by atoms with Crippen molar-refractivity contribution in [1.82, 2.24) is 0 Å². The molecule has 0 spiro atoms. The van der Waals surface area contributed by atoms with E-state index in [2.05, 4.69) is 13.8 Å². The van der Waals surface area contributed by atoms with Crippen molar-refractivity contribution in [3.05, 3.63) is 28.3 Å². The lowest BCUT2D eigenvalue weighted by Crippen LogP contribution is -2.24. The predicted octanol–water partition coefficient (Wildman–Crippen LogP) is 4.13. The van der Waals surface area contributed by atoms with Crippen molar-refractivity contribution >= 4 is 11.6 Å². The normalized spacial score (nSPS) is 26.0. The summed E-state index contributed by atoms with van der Waals surface area (Å²) in [4.78, 5) is 0. The van der Waals surface area contributed by atoms with Gasteiger partial charge in [0.15, 0.2) is 0 Å². The van der Waals surface area contributed by atoms with E-state index in [-0.39, 0.29) is 5.41 Å². The van der Waals surface area contributed by atoms with Crippen molar-refractivity contribution in [2.24, 2.45) is 11.3 Å². The molecule has 0 amide bonds. The lowest BCUT2D eigenvalue weighted by Gasteiger charge is -2.32. The third kappa shape index (κ3) is 2.25. The highest BCUT2D eigenvalue weighted by Gasteiger charge is 2.41. The Morgan fingerprint density at radius 3 is 2.89 bits per heavy atom. The second kappa shape index (κ2) is 4.68. The van der Waals surface area contributed by atoms with E-state index in [0.717, 1.165) is 29.7 Å². The number of rotatable bonds is 2. The minimum Gasteiger partial charge on any atom is -0.493 e. The molecule has 1 aromatic carbocycles. The Kier molecular flexibility index (Phi) is 3.26. The molecule has 3 rings (SSSR count). The van der Waals surface area contributed by atoms with Gasteiger partial charge in [-0.15, -0.1) is 0 Å². The quantitative estimate of drug-likeness (QED) is 0.882. The van der Waals surface area contributed by atoms with Crippen molar-refractivity contribution in [2.75, 3.05) is 6.61 Å². The molecule has 1 fully saturated rings. The molecule has 104 valence electrons. The maximum absolute atomic E-state index is 10.8. The van der Waals surface area contributed by atoms with Gasteiger partial charge in [0.05, 0.1) is 12.7 Å². The molecule has 2 nitrogen and oxygen atoms in total. The monoisotopic (exact) mass is 280 g/mol. The third-order valence-electron chi connectivity index (χ3n) is 4.82. The summed E-state index contributed by atoms with van der Waals surface area (Å²) >= 11 is 6.18. The minimum absolute atomic E-state index is 0.188. The van der Waals surface area contributed by atoms with Crippen LogP contribution in [0.4, 0.5) is 0 Å². The number of hydrogen-bond acceptors (Lipinski definition) is 2. The Balaban J connectivity index is 1.98. The van der Waals surface area contributed by atoms with E-state index >= 15 is 0 Å². The fourth-order valence-electron chi connectivity index (χ4n) is 3.67. The molecule has 2 aliphatic rings. The molecule has 3 heteroatoms. The molecule has 1 aliphatic heterocycles. The van der Waals surface area contributed by atoms with E-state index in [4.69, 9.17) is 16.3 Å². The molecule has 2 atom stereocenters. The van der Waals surface area contributed by atoms with E-state index in [1.807, 2.05) is 12.1 Å². The standard InChI is InChI=1S/C16H21ClO2/c1-16(2)6-3-4-13(16)14(18)12-9-11(17)8-10-5-7-19-15(10)12/h8-9,13-14,18H,3-7H2,1-2H3. The second-order valence-corrected chi connectivity index (χ2v) is 6.95.